The van der Waals surface area contributed by atoms with Crippen LogP contribution < -0.4 is 11.1 Å². The quantitative estimate of drug-likeness (QED) is 0.725. The van der Waals surface area contributed by atoms with Crippen molar-refractivity contribution in [2.24, 2.45) is 5.73 Å². The molecule has 21 heavy (non-hydrogen) atoms. The zero-order valence-electron chi connectivity index (χ0n) is 11.8. The molecule has 6 nitrogen and oxygen atoms in total. The van der Waals surface area contributed by atoms with Crippen molar-refractivity contribution in [3.63, 3.8) is 0 Å². The Morgan fingerprint density at radius 1 is 1.33 bits per heavy atom. The Kier molecular flexibility index (Phi) is 3.39. The van der Waals surface area contributed by atoms with E-state index in [4.69, 9.17) is 5.73 Å². The number of rotatable bonds is 4. The smallest absolute Gasteiger partial charge is 0.324 e. The average molecular weight is 286 g/mol. The average Bonchev–Trinajstić information content (AvgIpc) is 2.97. The van der Waals surface area contributed by atoms with Crippen LogP contribution in [-0.2, 0) is 17.6 Å². The molecule has 1 fully saturated rings. The van der Waals surface area contributed by atoms with Crippen LogP contribution >= 0.6 is 0 Å². The summed E-state index contributed by atoms with van der Waals surface area (Å²) in [6.45, 7) is 0.596. The number of nitrogens with two attached hydrogens (primary N) is 1. The molecule has 4 N–H and O–H groups in total. The van der Waals surface area contributed by atoms with E-state index < -0.39 is 6.04 Å². The molecule has 2 heterocycles. The molecule has 1 saturated heterocycles. The molecular weight excluding hydrogens is 268 g/mol. The molecule has 0 saturated carbocycles. The minimum atomic E-state index is -0.475. The van der Waals surface area contributed by atoms with Crippen molar-refractivity contribution in [2.75, 3.05) is 13.6 Å². The molecular formula is C15H18N4O2. The van der Waals surface area contributed by atoms with Crippen LogP contribution in [0.5, 0.6) is 0 Å². The summed E-state index contributed by atoms with van der Waals surface area (Å²) in [5.41, 5.74) is 8.87. The largest absolute Gasteiger partial charge is 0.361 e. The van der Waals surface area contributed by atoms with E-state index in [-0.39, 0.29) is 11.9 Å². The predicted octanol–water partition coefficient (Wildman–Crippen LogP) is 0.762. The van der Waals surface area contributed by atoms with Crippen molar-refractivity contribution in [2.45, 2.75) is 18.9 Å². The predicted molar refractivity (Wildman–Crippen MR) is 79.9 cm³/mol. The molecule has 110 valence electrons. The summed E-state index contributed by atoms with van der Waals surface area (Å²) in [7, 11) is 1.49. The number of amides is 3. The van der Waals surface area contributed by atoms with Crippen molar-refractivity contribution in [1.29, 1.82) is 0 Å². The summed E-state index contributed by atoms with van der Waals surface area (Å²) in [4.78, 5) is 27.7. The Morgan fingerprint density at radius 3 is 2.81 bits per heavy atom. The SMILES string of the molecule is CN1C(=O)NC(Cc2ccc3[nH]cc(CCN)c3c2)C1=O. The molecule has 0 aliphatic carbocycles. The highest BCUT2D eigenvalue weighted by molar-refractivity contribution is 6.04. The number of carbonyl (C=O) groups excluding carboxylic acids is 2. The molecule has 1 aromatic carbocycles. The number of likely N-dealkylation sites (N-methyl/N-ethyl adjacent to an activating group) is 1. The van der Waals surface area contributed by atoms with E-state index >= 15 is 0 Å². The van der Waals surface area contributed by atoms with Crippen LogP contribution in [0, 0.1) is 0 Å². The van der Waals surface area contributed by atoms with Gasteiger partial charge >= 0.3 is 6.03 Å². The number of nitrogens with zero attached hydrogens (tertiary/aromatic N) is 1. The molecule has 0 bridgehead atoms. The van der Waals surface area contributed by atoms with E-state index in [2.05, 4.69) is 16.4 Å². The molecule has 1 aromatic heterocycles. The topological polar surface area (TPSA) is 91.2 Å². The number of aromatic amines is 1. The number of urea groups is 1. The van der Waals surface area contributed by atoms with Gasteiger partial charge < -0.3 is 16.0 Å². The lowest BCUT2D eigenvalue weighted by atomic mass is 10.0. The number of carbonyl (C=O) groups is 2. The van der Waals surface area contributed by atoms with Gasteiger partial charge in [0.05, 0.1) is 0 Å². The number of benzene rings is 1. The first kappa shape index (κ1) is 13.6. The molecule has 1 atom stereocenters. The summed E-state index contributed by atoms with van der Waals surface area (Å²) >= 11 is 0. The number of H-pyrrole nitrogens is 1. The monoisotopic (exact) mass is 286 g/mol. The summed E-state index contributed by atoms with van der Waals surface area (Å²) in [6, 6.07) is 5.22. The third-order valence-corrected chi connectivity index (χ3v) is 3.92. The van der Waals surface area contributed by atoms with Crippen LogP contribution in [0.15, 0.2) is 24.4 Å². The molecule has 1 aliphatic rings. The molecule has 3 amide bonds. The third-order valence-electron chi connectivity index (χ3n) is 3.92. The van der Waals surface area contributed by atoms with E-state index in [0.29, 0.717) is 13.0 Å². The van der Waals surface area contributed by atoms with Crippen LogP contribution in [0.2, 0.25) is 0 Å². The first-order valence-electron chi connectivity index (χ1n) is 6.97. The summed E-state index contributed by atoms with van der Waals surface area (Å²) in [5, 5.41) is 3.82. The highest BCUT2D eigenvalue weighted by atomic mass is 16.2. The van der Waals surface area contributed by atoms with E-state index in [1.54, 1.807) is 0 Å². The Labute approximate surface area is 122 Å². The number of fused-ring (bicyclic) bond motifs is 1. The zero-order valence-corrected chi connectivity index (χ0v) is 11.8. The lowest BCUT2D eigenvalue weighted by Gasteiger charge is -2.08. The Hall–Kier alpha value is -2.34. The van der Waals surface area contributed by atoms with Crippen molar-refractivity contribution in [3.05, 3.63) is 35.5 Å². The Balaban J connectivity index is 1.86. The van der Waals surface area contributed by atoms with Gasteiger partial charge in [-0.15, -0.1) is 0 Å². The molecule has 1 unspecified atom stereocenters. The van der Waals surface area contributed by atoms with Gasteiger partial charge in [-0.3, -0.25) is 9.69 Å². The first-order valence-corrected chi connectivity index (χ1v) is 6.97. The lowest BCUT2D eigenvalue weighted by Crippen LogP contribution is -2.31. The second-order valence-corrected chi connectivity index (χ2v) is 5.34. The van der Waals surface area contributed by atoms with Crippen LogP contribution in [0.4, 0.5) is 4.79 Å². The minimum Gasteiger partial charge on any atom is -0.361 e. The van der Waals surface area contributed by atoms with Crippen molar-refractivity contribution in [3.8, 4) is 0 Å². The van der Waals surface area contributed by atoms with Gasteiger partial charge in [0.15, 0.2) is 0 Å². The summed E-state index contributed by atoms with van der Waals surface area (Å²) in [6.07, 6.45) is 3.28. The highest BCUT2D eigenvalue weighted by Crippen LogP contribution is 2.21. The maximum atomic E-state index is 11.9. The van der Waals surface area contributed by atoms with Gasteiger partial charge in [-0.05, 0) is 36.2 Å². The zero-order chi connectivity index (χ0) is 15.0. The van der Waals surface area contributed by atoms with Gasteiger partial charge in [0.25, 0.3) is 5.91 Å². The normalized spacial score (nSPS) is 18.6. The van der Waals surface area contributed by atoms with E-state index in [9.17, 15) is 9.59 Å². The van der Waals surface area contributed by atoms with Gasteiger partial charge in [0, 0.05) is 30.6 Å². The third kappa shape index (κ3) is 2.38. The fourth-order valence-corrected chi connectivity index (χ4v) is 2.73. The molecule has 0 spiro atoms. The second kappa shape index (κ2) is 5.21. The number of hydrogen-bond acceptors (Lipinski definition) is 3. The number of imide groups is 1. The van der Waals surface area contributed by atoms with E-state index in [1.807, 2.05) is 18.3 Å². The second-order valence-electron chi connectivity index (χ2n) is 5.34. The maximum Gasteiger partial charge on any atom is 0.324 e. The Bertz CT molecular complexity index is 707. The van der Waals surface area contributed by atoms with Gasteiger partial charge in [0.2, 0.25) is 0 Å². The lowest BCUT2D eigenvalue weighted by molar-refractivity contribution is -0.126. The molecule has 2 aromatic rings. The number of aromatic nitrogens is 1. The van der Waals surface area contributed by atoms with Gasteiger partial charge in [-0.25, -0.2) is 4.79 Å². The fourth-order valence-electron chi connectivity index (χ4n) is 2.73. The van der Waals surface area contributed by atoms with Crippen molar-refractivity contribution >= 4 is 22.8 Å². The summed E-state index contributed by atoms with van der Waals surface area (Å²) < 4.78 is 0. The molecule has 0 radical (unpaired) electrons. The van der Waals surface area contributed by atoms with Crippen LogP contribution in [0.3, 0.4) is 0 Å². The number of nitrogens with one attached hydrogen (secondary N) is 2. The maximum absolute atomic E-state index is 11.9. The van der Waals surface area contributed by atoms with Gasteiger partial charge in [-0.1, -0.05) is 6.07 Å². The van der Waals surface area contributed by atoms with Gasteiger partial charge in [0.1, 0.15) is 6.04 Å². The first-order chi connectivity index (χ1) is 10.1. The molecule has 3 rings (SSSR count). The highest BCUT2D eigenvalue weighted by Gasteiger charge is 2.35. The Morgan fingerprint density at radius 2 is 2.14 bits per heavy atom. The van der Waals surface area contributed by atoms with Crippen LogP contribution in [-0.4, -0.2) is 41.5 Å². The summed E-state index contributed by atoms with van der Waals surface area (Å²) in [5.74, 6) is -0.184. The van der Waals surface area contributed by atoms with E-state index in [0.717, 1.165) is 27.8 Å². The van der Waals surface area contributed by atoms with Crippen molar-refractivity contribution < 1.29 is 9.59 Å². The standard InChI is InChI=1S/C15H18N4O2/c1-19-14(20)13(18-15(19)21)7-9-2-3-12-11(6-9)10(4-5-16)8-17-12/h2-3,6,8,13,17H,4-5,7,16H2,1H3,(H,18,21). The van der Waals surface area contributed by atoms with Crippen molar-refractivity contribution in [1.82, 2.24) is 15.2 Å². The number of hydrogen-bond donors (Lipinski definition) is 3. The van der Waals surface area contributed by atoms with Crippen LogP contribution in [0.25, 0.3) is 10.9 Å². The molecule has 6 heteroatoms. The fraction of sp³-hybridized carbons (Fsp3) is 0.333. The van der Waals surface area contributed by atoms with Crippen LogP contribution in [0.1, 0.15) is 11.1 Å². The van der Waals surface area contributed by atoms with Gasteiger partial charge in [-0.2, -0.15) is 0 Å². The molecule has 1 aliphatic heterocycles. The van der Waals surface area contributed by atoms with E-state index in [1.165, 1.54) is 12.6 Å². The minimum absolute atomic E-state index is 0.184.